The third-order valence-electron chi connectivity index (χ3n) is 4.18. The molecule has 1 saturated heterocycles. The summed E-state index contributed by atoms with van der Waals surface area (Å²) in [6.07, 6.45) is 2.04. The summed E-state index contributed by atoms with van der Waals surface area (Å²) in [6, 6.07) is 6.92. The lowest BCUT2D eigenvalue weighted by atomic mass is 10.0. The molecule has 2 N–H and O–H groups in total. The fourth-order valence-corrected chi connectivity index (χ4v) is 3.33. The standard InChI is InChI=1S/C16H26ClN3/c1-4-14-11-20(9-8-19(14)3)16-13(10-12(2)18)6-5-7-15(16)17/h5-7,12,14H,4,8-11,18H2,1-3H3. The van der Waals surface area contributed by atoms with Crippen molar-refractivity contribution < 1.29 is 0 Å². The predicted octanol–water partition coefficient (Wildman–Crippen LogP) is 2.76. The normalized spacial score (nSPS) is 22.1. The number of likely N-dealkylation sites (N-methyl/N-ethyl adjacent to an activating group) is 1. The lowest BCUT2D eigenvalue weighted by molar-refractivity contribution is 0.213. The van der Waals surface area contributed by atoms with E-state index in [1.54, 1.807) is 0 Å². The Morgan fingerprint density at radius 3 is 2.80 bits per heavy atom. The van der Waals surface area contributed by atoms with Crippen molar-refractivity contribution in [3.8, 4) is 0 Å². The van der Waals surface area contributed by atoms with Gasteiger partial charge >= 0.3 is 0 Å². The molecule has 0 saturated carbocycles. The largest absolute Gasteiger partial charge is 0.367 e. The summed E-state index contributed by atoms with van der Waals surface area (Å²) in [6.45, 7) is 7.45. The van der Waals surface area contributed by atoms with Crippen LogP contribution in [0.1, 0.15) is 25.8 Å². The Kier molecular flexibility index (Phi) is 5.30. The van der Waals surface area contributed by atoms with E-state index in [4.69, 9.17) is 17.3 Å². The maximum atomic E-state index is 6.48. The van der Waals surface area contributed by atoms with Crippen LogP contribution in [-0.4, -0.2) is 43.7 Å². The van der Waals surface area contributed by atoms with Crippen molar-refractivity contribution in [3.05, 3.63) is 28.8 Å². The molecule has 0 bridgehead atoms. The van der Waals surface area contributed by atoms with Crippen molar-refractivity contribution in [2.24, 2.45) is 5.73 Å². The molecule has 3 nitrogen and oxygen atoms in total. The minimum Gasteiger partial charge on any atom is -0.367 e. The summed E-state index contributed by atoms with van der Waals surface area (Å²) >= 11 is 6.48. The minimum absolute atomic E-state index is 0.154. The first-order valence-corrected chi connectivity index (χ1v) is 7.88. The number of halogens is 1. The molecule has 0 radical (unpaired) electrons. The maximum absolute atomic E-state index is 6.48. The number of nitrogens with two attached hydrogens (primary N) is 1. The van der Waals surface area contributed by atoms with Crippen LogP contribution >= 0.6 is 11.6 Å². The highest BCUT2D eigenvalue weighted by Gasteiger charge is 2.25. The highest BCUT2D eigenvalue weighted by atomic mass is 35.5. The molecule has 20 heavy (non-hydrogen) atoms. The second kappa shape index (κ2) is 6.79. The fraction of sp³-hybridized carbons (Fsp3) is 0.625. The van der Waals surface area contributed by atoms with Crippen LogP contribution in [0.2, 0.25) is 5.02 Å². The third-order valence-corrected chi connectivity index (χ3v) is 4.48. The molecule has 1 aromatic rings. The number of para-hydroxylation sites is 1. The zero-order valence-corrected chi connectivity index (χ0v) is 13.5. The van der Waals surface area contributed by atoms with Crippen LogP contribution in [0.15, 0.2) is 18.2 Å². The van der Waals surface area contributed by atoms with Gasteiger partial charge in [-0.2, -0.15) is 0 Å². The van der Waals surface area contributed by atoms with Gasteiger partial charge in [-0.3, -0.25) is 4.90 Å². The second-order valence-electron chi connectivity index (χ2n) is 5.92. The van der Waals surface area contributed by atoms with Crippen LogP contribution in [-0.2, 0) is 6.42 Å². The molecule has 112 valence electrons. The van der Waals surface area contributed by atoms with Crippen molar-refractivity contribution in [2.75, 3.05) is 31.6 Å². The molecule has 2 unspecified atom stereocenters. The molecule has 1 fully saturated rings. The van der Waals surface area contributed by atoms with Gasteiger partial charge in [-0.1, -0.05) is 30.7 Å². The van der Waals surface area contributed by atoms with Gasteiger partial charge in [-0.15, -0.1) is 0 Å². The number of rotatable bonds is 4. The van der Waals surface area contributed by atoms with Crippen LogP contribution in [0, 0.1) is 0 Å². The fourth-order valence-electron chi connectivity index (χ4n) is 3.02. The van der Waals surface area contributed by atoms with Gasteiger partial charge in [0.25, 0.3) is 0 Å². The molecule has 1 heterocycles. The Bertz CT molecular complexity index is 447. The van der Waals surface area contributed by atoms with Gasteiger partial charge in [0.05, 0.1) is 10.7 Å². The summed E-state index contributed by atoms with van der Waals surface area (Å²) in [5.41, 5.74) is 8.44. The van der Waals surface area contributed by atoms with Gasteiger partial charge in [-0.25, -0.2) is 0 Å². The molecule has 2 atom stereocenters. The Balaban J connectivity index is 2.27. The topological polar surface area (TPSA) is 32.5 Å². The smallest absolute Gasteiger partial charge is 0.0642 e. The number of anilines is 1. The molecule has 1 aliphatic heterocycles. The summed E-state index contributed by atoms with van der Waals surface area (Å²) in [4.78, 5) is 4.88. The van der Waals surface area contributed by atoms with E-state index in [0.717, 1.165) is 31.1 Å². The van der Waals surface area contributed by atoms with E-state index in [1.165, 1.54) is 17.7 Å². The summed E-state index contributed by atoms with van der Waals surface area (Å²) in [5, 5.41) is 0.850. The Hall–Kier alpha value is -0.770. The number of hydrogen-bond acceptors (Lipinski definition) is 3. The molecule has 0 aliphatic carbocycles. The lowest BCUT2D eigenvalue weighted by Gasteiger charge is -2.41. The molecule has 4 heteroatoms. The van der Waals surface area contributed by atoms with E-state index in [2.05, 4.69) is 29.8 Å². The molecular formula is C16H26ClN3. The van der Waals surface area contributed by atoms with E-state index in [0.29, 0.717) is 6.04 Å². The second-order valence-corrected chi connectivity index (χ2v) is 6.32. The Morgan fingerprint density at radius 2 is 2.15 bits per heavy atom. The van der Waals surface area contributed by atoms with Crippen molar-refractivity contribution in [2.45, 2.75) is 38.8 Å². The van der Waals surface area contributed by atoms with Crippen LogP contribution in [0.4, 0.5) is 5.69 Å². The average molecular weight is 296 g/mol. The van der Waals surface area contributed by atoms with E-state index >= 15 is 0 Å². The van der Waals surface area contributed by atoms with E-state index < -0.39 is 0 Å². The molecule has 1 aromatic carbocycles. The molecule has 2 rings (SSSR count). The van der Waals surface area contributed by atoms with Gasteiger partial charge in [0.15, 0.2) is 0 Å². The number of benzene rings is 1. The SMILES string of the molecule is CCC1CN(c2c(Cl)cccc2CC(C)N)CCN1C. The molecule has 1 aliphatic rings. The Morgan fingerprint density at radius 1 is 1.40 bits per heavy atom. The maximum Gasteiger partial charge on any atom is 0.0642 e. The summed E-state index contributed by atoms with van der Waals surface area (Å²) in [5.74, 6) is 0. The molecule has 0 amide bonds. The zero-order chi connectivity index (χ0) is 14.7. The third kappa shape index (κ3) is 3.46. The molecular weight excluding hydrogens is 270 g/mol. The quantitative estimate of drug-likeness (QED) is 0.927. The van der Waals surface area contributed by atoms with Gasteiger partial charge < -0.3 is 10.6 Å². The van der Waals surface area contributed by atoms with Crippen molar-refractivity contribution >= 4 is 17.3 Å². The van der Waals surface area contributed by atoms with Crippen LogP contribution in [0.5, 0.6) is 0 Å². The average Bonchev–Trinajstić information content (AvgIpc) is 2.39. The highest BCUT2D eigenvalue weighted by Crippen LogP contribution is 2.32. The van der Waals surface area contributed by atoms with Crippen LogP contribution in [0.3, 0.4) is 0 Å². The molecule has 0 aromatic heterocycles. The molecule has 0 spiro atoms. The highest BCUT2D eigenvalue weighted by molar-refractivity contribution is 6.33. The van der Waals surface area contributed by atoms with Crippen molar-refractivity contribution in [1.82, 2.24) is 4.90 Å². The first-order chi connectivity index (χ1) is 9.52. The first kappa shape index (κ1) is 15.6. The van der Waals surface area contributed by atoms with Crippen LogP contribution in [0.25, 0.3) is 0 Å². The van der Waals surface area contributed by atoms with Gasteiger partial charge in [-0.05, 0) is 38.4 Å². The number of hydrogen-bond donors (Lipinski definition) is 1. The zero-order valence-electron chi connectivity index (χ0n) is 12.8. The Labute approximate surface area is 127 Å². The van der Waals surface area contributed by atoms with Crippen LogP contribution < -0.4 is 10.6 Å². The van der Waals surface area contributed by atoms with Crippen molar-refractivity contribution in [3.63, 3.8) is 0 Å². The first-order valence-electron chi connectivity index (χ1n) is 7.51. The minimum atomic E-state index is 0.154. The monoisotopic (exact) mass is 295 g/mol. The van der Waals surface area contributed by atoms with E-state index in [9.17, 15) is 0 Å². The van der Waals surface area contributed by atoms with Crippen molar-refractivity contribution in [1.29, 1.82) is 0 Å². The number of piperazine rings is 1. The lowest BCUT2D eigenvalue weighted by Crippen LogP contribution is -2.51. The van der Waals surface area contributed by atoms with Gasteiger partial charge in [0.2, 0.25) is 0 Å². The predicted molar refractivity (Wildman–Crippen MR) is 87.7 cm³/mol. The summed E-state index contributed by atoms with van der Waals surface area (Å²) in [7, 11) is 2.21. The summed E-state index contributed by atoms with van der Waals surface area (Å²) < 4.78 is 0. The van der Waals surface area contributed by atoms with Gasteiger partial charge in [0.1, 0.15) is 0 Å². The van der Waals surface area contributed by atoms with Gasteiger partial charge in [0, 0.05) is 31.7 Å². The number of nitrogens with zero attached hydrogens (tertiary/aromatic N) is 2. The van der Waals surface area contributed by atoms with E-state index in [-0.39, 0.29) is 6.04 Å². The van der Waals surface area contributed by atoms with E-state index in [1.807, 2.05) is 19.1 Å².